The molecule has 2 aromatic rings. The van der Waals surface area contributed by atoms with Crippen LogP contribution in [-0.4, -0.2) is 57.6 Å². The van der Waals surface area contributed by atoms with Crippen LogP contribution < -0.4 is 15.5 Å². The second-order valence-electron chi connectivity index (χ2n) is 7.78. The average Bonchev–Trinajstić information content (AvgIpc) is 3.06. The van der Waals surface area contributed by atoms with Crippen LogP contribution in [0.2, 0.25) is 0 Å². The number of amides is 4. The minimum atomic E-state index is -1.03. The van der Waals surface area contributed by atoms with Gasteiger partial charge in [0.1, 0.15) is 5.70 Å². The van der Waals surface area contributed by atoms with Crippen LogP contribution in [-0.2, 0) is 11.3 Å². The van der Waals surface area contributed by atoms with Crippen molar-refractivity contribution >= 4 is 30.1 Å². The first-order valence-corrected chi connectivity index (χ1v) is 10.4. The van der Waals surface area contributed by atoms with E-state index in [-0.39, 0.29) is 18.2 Å². The van der Waals surface area contributed by atoms with Crippen LogP contribution in [0.15, 0.2) is 48.3 Å². The van der Waals surface area contributed by atoms with Crippen molar-refractivity contribution in [2.45, 2.75) is 19.4 Å². The largest absolute Gasteiger partial charge is 0.465 e. The van der Waals surface area contributed by atoms with Crippen LogP contribution >= 0.6 is 0 Å². The van der Waals surface area contributed by atoms with E-state index in [2.05, 4.69) is 20.6 Å². The topological polar surface area (TPSA) is 128 Å². The molecule has 10 nitrogen and oxygen atoms in total. The SMILES string of the molecule is O=C(O)NCC1CCCN(c2nccc(C=C3C(=O)NC(=O)N3Cc3ccccc3)n2)C1. The summed E-state index contributed by atoms with van der Waals surface area (Å²) >= 11 is 0. The number of hydrogen-bond acceptors (Lipinski definition) is 6. The Hall–Kier alpha value is -3.95. The fourth-order valence-electron chi connectivity index (χ4n) is 3.91. The van der Waals surface area contributed by atoms with Crippen molar-refractivity contribution < 1.29 is 19.5 Å². The first-order valence-electron chi connectivity index (χ1n) is 10.4. The number of benzene rings is 1. The number of carboxylic acid groups (broad SMARTS) is 1. The van der Waals surface area contributed by atoms with Gasteiger partial charge >= 0.3 is 12.1 Å². The average molecular weight is 436 g/mol. The van der Waals surface area contributed by atoms with E-state index >= 15 is 0 Å². The Morgan fingerprint density at radius 2 is 2.06 bits per heavy atom. The lowest BCUT2D eigenvalue weighted by molar-refractivity contribution is -0.116. The van der Waals surface area contributed by atoms with Crippen LogP contribution in [0.1, 0.15) is 24.1 Å². The molecule has 0 aliphatic carbocycles. The molecule has 2 fully saturated rings. The maximum Gasteiger partial charge on any atom is 0.404 e. The Balaban J connectivity index is 1.52. The smallest absolute Gasteiger partial charge is 0.404 e. The number of nitrogens with one attached hydrogen (secondary N) is 2. The normalized spacial score (nSPS) is 19.9. The van der Waals surface area contributed by atoms with Crippen LogP contribution in [0.5, 0.6) is 0 Å². The third-order valence-electron chi connectivity index (χ3n) is 5.47. The lowest BCUT2D eigenvalue weighted by Gasteiger charge is -2.32. The predicted molar refractivity (Wildman–Crippen MR) is 116 cm³/mol. The quantitative estimate of drug-likeness (QED) is 0.467. The van der Waals surface area contributed by atoms with Gasteiger partial charge in [-0.25, -0.2) is 19.6 Å². The van der Waals surface area contributed by atoms with Crippen molar-refractivity contribution in [2.24, 2.45) is 5.92 Å². The van der Waals surface area contributed by atoms with E-state index in [0.29, 0.717) is 24.7 Å². The Morgan fingerprint density at radius 1 is 1.25 bits per heavy atom. The zero-order valence-electron chi connectivity index (χ0n) is 17.4. The number of urea groups is 1. The number of rotatable bonds is 6. The lowest BCUT2D eigenvalue weighted by Crippen LogP contribution is -2.41. The molecule has 0 bridgehead atoms. The van der Waals surface area contributed by atoms with Crippen LogP contribution in [0.3, 0.4) is 0 Å². The predicted octanol–water partition coefficient (Wildman–Crippen LogP) is 2.05. The molecule has 0 radical (unpaired) electrons. The Bertz CT molecular complexity index is 1040. The number of piperidine rings is 1. The first kappa shape index (κ1) is 21.3. The lowest BCUT2D eigenvalue weighted by atomic mass is 9.98. The second-order valence-corrected chi connectivity index (χ2v) is 7.78. The number of imide groups is 1. The summed E-state index contributed by atoms with van der Waals surface area (Å²) in [4.78, 5) is 47.8. The fourth-order valence-corrected chi connectivity index (χ4v) is 3.91. The van der Waals surface area contributed by atoms with Gasteiger partial charge in [0.2, 0.25) is 5.95 Å². The van der Waals surface area contributed by atoms with Gasteiger partial charge in [0, 0.05) is 25.8 Å². The van der Waals surface area contributed by atoms with E-state index in [0.717, 1.165) is 24.9 Å². The van der Waals surface area contributed by atoms with Gasteiger partial charge in [0.05, 0.1) is 12.2 Å². The first-order chi connectivity index (χ1) is 15.5. The summed E-state index contributed by atoms with van der Waals surface area (Å²) in [6.07, 6.45) is 4.00. The van der Waals surface area contributed by atoms with E-state index in [4.69, 9.17) is 5.11 Å². The summed E-state index contributed by atoms with van der Waals surface area (Å²) in [6, 6.07) is 10.6. The molecule has 10 heteroatoms. The number of carbonyl (C=O) groups is 3. The van der Waals surface area contributed by atoms with Gasteiger partial charge < -0.3 is 15.3 Å². The molecule has 2 saturated heterocycles. The van der Waals surface area contributed by atoms with E-state index in [1.165, 1.54) is 4.90 Å². The summed E-state index contributed by atoms with van der Waals surface area (Å²) in [6.45, 7) is 2.06. The van der Waals surface area contributed by atoms with Gasteiger partial charge in [-0.1, -0.05) is 30.3 Å². The highest BCUT2D eigenvalue weighted by Gasteiger charge is 2.33. The highest BCUT2D eigenvalue weighted by Crippen LogP contribution is 2.22. The molecule has 32 heavy (non-hydrogen) atoms. The maximum absolute atomic E-state index is 12.4. The summed E-state index contributed by atoms with van der Waals surface area (Å²) in [7, 11) is 0. The molecular formula is C22H24N6O4. The highest BCUT2D eigenvalue weighted by atomic mass is 16.4. The number of anilines is 1. The molecule has 0 saturated carbocycles. The highest BCUT2D eigenvalue weighted by molar-refractivity contribution is 6.13. The zero-order chi connectivity index (χ0) is 22.5. The number of nitrogens with zero attached hydrogens (tertiary/aromatic N) is 4. The summed E-state index contributed by atoms with van der Waals surface area (Å²) in [5.74, 6) is 0.215. The van der Waals surface area contributed by atoms with Crippen molar-refractivity contribution in [1.82, 2.24) is 25.5 Å². The van der Waals surface area contributed by atoms with E-state index in [9.17, 15) is 14.4 Å². The standard InChI is InChI=1S/C22H24N6O4/c29-19-18(28(21(30)26-19)14-15-5-2-1-3-6-15)11-17-8-9-23-20(25-17)27-10-4-7-16(13-27)12-24-22(31)32/h1-3,5-6,8-9,11,16,24H,4,7,10,12-14H2,(H,31,32)(H,26,29,30). The van der Waals surface area contributed by atoms with Crippen molar-refractivity contribution in [3.05, 3.63) is 59.5 Å². The molecule has 3 N–H and O–H groups in total. The molecule has 0 spiro atoms. The van der Waals surface area contributed by atoms with Crippen molar-refractivity contribution in [1.29, 1.82) is 0 Å². The van der Waals surface area contributed by atoms with E-state index in [1.54, 1.807) is 18.3 Å². The molecule has 3 heterocycles. The molecule has 2 aliphatic heterocycles. The number of aromatic nitrogens is 2. The summed E-state index contributed by atoms with van der Waals surface area (Å²) in [5.41, 5.74) is 1.64. The molecule has 4 rings (SSSR count). The summed E-state index contributed by atoms with van der Waals surface area (Å²) < 4.78 is 0. The van der Waals surface area contributed by atoms with Crippen LogP contribution in [0.25, 0.3) is 6.08 Å². The second kappa shape index (κ2) is 9.46. The molecule has 1 aromatic heterocycles. The number of hydrogen-bond donors (Lipinski definition) is 3. The molecule has 4 amide bonds. The van der Waals surface area contributed by atoms with Crippen LogP contribution in [0, 0.1) is 5.92 Å². The third-order valence-corrected chi connectivity index (χ3v) is 5.47. The molecule has 1 unspecified atom stereocenters. The minimum Gasteiger partial charge on any atom is -0.465 e. The monoisotopic (exact) mass is 436 g/mol. The molecule has 1 aromatic carbocycles. The van der Waals surface area contributed by atoms with Crippen molar-refractivity contribution in [2.75, 3.05) is 24.5 Å². The molecule has 1 atom stereocenters. The van der Waals surface area contributed by atoms with Gasteiger partial charge in [-0.2, -0.15) is 0 Å². The summed E-state index contributed by atoms with van der Waals surface area (Å²) in [5, 5.41) is 13.6. The number of carbonyl (C=O) groups excluding carboxylic acids is 2. The Morgan fingerprint density at radius 3 is 2.84 bits per heavy atom. The van der Waals surface area contributed by atoms with Gasteiger partial charge in [-0.15, -0.1) is 0 Å². The minimum absolute atomic E-state index is 0.171. The third kappa shape index (κ3) is 5.02. The molecular weight excluding hydrogens is 412 g/mol. The van der Waals surface area contributed by atoms with Crippen LogP contribution in [0.4, 0.5) is 15.5 Å². The van der Waals surface area contributed by atoms with Gasteiger partial charge in [0.25, 0.3) is 5.91 Å². The van der Waals surface area contributed by atoms with E-state index < -0.39 is 18.0 Å². The molecule has 2 aliphatic rings. The zero-order valence-corrected chi connectivity index (χ0v) is 17.4. The van der Waals surface area contributed by atoms with Crippen molar-refractivity contribution in [3.63, 3.8) is 0 Å². The Kier molecular flexibility index (Phi) is 6.29. The maximum atomic E-state index is 12.4. The van der Waals surface area contributed by atoms with Gasteiger partial charge in [-0.3, -0.25) is 15.0 Å². The molecule has 166 valence electrons. The fraction of sp³-hybridized carbons (Fsp3) is 0.318. The van der Waals surface area contributed by atoms with Crippen molar-refractivity contribution in [3.8, 4) is 0 Å². The van der Waals surface area contributed by atoms with Gasteiger partial charge in [-0.05, 0) is 36.5 Å². The van der Waals surface area contributed by atoms with Gasteiger partial charge in [0.15, 0.2) is 0 Å². The Labute approximate surface area is 185 Å². The van der Waals surface area contributed by atoms with E-state index in [1.807, 2.05) is 35.2 Å².